The molecule has 2 unspecified atom stereocenters. The van der Waals surface area contributed by atoms with Gasteiger partial charge in [0.25, 0.3) is 5.91 Å². The van der Waals surface area contributed by atoms with Crippen molar-refractivity contribution in [1.29, 1.82) is 0 Å². The van der Waals surface area contributed by atoms with E-state index in [-0.39, 0.29) is 17.9 Å². The van der Waals surface area contributed by atoms with Crippen LogP contribution in [0.2, 0.25) is 0 Å². The summed E-state index contributed by atoms with van der Waals surface area (Å²) in [6.45, 7) is 5.47. The Hall–Kier alpha value is -2.48. The lowest BCUT2D eigenvalue weighted by Crippen LogP contribution is -2.39. The highest BCUT2D eigenvalue weighted by Gasteiger charge is 2.42. The monoisotopic (exact) mass is 439 g/mol. The van der Waals surface area contributed by atoms with Gasteiger partial charge in [-0.3, -0.25) is 9.59 Å². The van der Waals surface area contributed by atoms with Crippen LogP contribution >= 0.6 is 11.3 Å². The molecule has 2 aliphatic heterocycles. The number of nitrogens with one attached hydrogen (secondary N) is 1. The minimum Gasteiger partial charge on any atom is -0.353 e. The van der Waals surface area contributed by atoms with Crippen LogP contribution in [0.25, 0.3) is 0 Å². The van der Waals surface area contributed by atoms with Crippen LogP contribution in [-0.2, 0) is 4.79 Å². The summed E-state index contributed by atoms with van der Waals surface area (Å²) in [6.07, 6.45) is 5.61. The van der Waals surface area contributed by atoms with E-state index in [1.807, 2.05) is 18.2 Å². The average molecular weight is 440 g/mol. The maximum Gasteiger partial charge on any atom is 0.261 e. The topological polar surface area (TPSA) is 78.4 Å². The number of carbonyl (C=O) groups excluding carboxylic acids is 2. The summed E-state index contributed by atoms with van der Waals surface area (Å²) in [5.41, 5.74) is 0. The lowest BCUT2D eigenvalue weighted by atomic mass is 9.95. The number of piperidine rings is 1. The van der Waals surface area contributed by atoms with E-state index in [0.29, 0.717) is 17.7 Å². The number of amides is 2. The molecule has 0 aromatic carbocycles. The number of nitrogens with zero attached hydrogens (tertiary/aromatic N) is 4. The molecule has 2 aromatic rings. The number of carbonyl (C=O) groups is 2. The first kappa shape index (κ1) is 20.4. The van der Waals surface area contributed by atoms with Crippen LogP contribution in [0.3, 0.4) is 0 Å². The molecule has 0 radical (unpaired) electrons. The molecule has 2 aromatic heterocycles. The lowest BCUT2D eigenvalue weighted by Gasteiger charge is -2.31. The minimum atomic E-state index is 0.0116. The molecule has 1 aliphatic carbocycles. The number of likely N-dealkylation sites (tertiary alicyclic amines) is 1. The average Bonchev–Trinajstić information content (AvgIpc) is 3.19. The lowest BCUT2D eigenvalue weighted by molar-refractivity contribution is -0.133. The fourth-order valence-electron chi connectivity index (χ4n) is 4.78. The van der Waals surface area contributed by atoms with Gasteiger partial charge in [0.15, 0.2) is 5.82 Å². The molecule has 0 bridgehead atoms. The number of anilines is 1. The molecule has 164 valence electrons. The van der Waals surface area contributed by atoms with E-state index in [1.54, 1.807) is 17.5 Å². The normalized spacial score (nSPS) is 26.2. The molecule has 8 heteroatoms. The molecule has 2 amide bonds. The predicted molar refractivity (Wildman–Crippen MR) is 120 cm³/mol. The first-order valence-corrected chi connectivity index (χ1v) is 12.1. The number of hydrogen-bond acceptors (Lipinski definition) is 6. The van der Waals surface area contributed by atoms with Gasteiger partial charge >= 0.3 is 0 Å². The largest absolute Gasteiger partial charge is 0.353 e. The zero-order chi connectivity index (χ0) is 21.4. The van der Waals surface area contributed by atoms with Crippen molar-refractivity contribution < 1.29 is 9.59 Å². The summed E-state index contributed by atoms with van der Waals surface area (Å²) in [6, 6.07) is 8.01. The number of aromatic nitrogens is 2. The van der Waals surface area contributed by atoms with Gasteiger partial charge in [-0.1, -0.05) is 6.92 Å². The van der Waals surface area contributed by atoms with Crippen LogP contribution in [-0.4, -0.2) is 59.1 Å². The van der Waals surface area contributed by atoms with E-state index in [9.17, 15) is 9.59 Å². The van der Waals surface area contributed by atoms with Crippen molar-refractivity contribution in [3.63, 3.8) is 0 Å². The quantitative estimate of drug-likeness (QED) is 0.775. The van der Waals surface area contributed by atoms with Crippen LogP contribution in [0.1, 0.15) is 53.1 Å². The molecule has 7 nitrogen and oxygen atoms in total. The molecule has 1 N–H and O–H groups in total. The molecule has 3 fully saturated rings. The Morgan fingerprint density at radius 3 is 2.65 bits per heavy atom. The fraction of sp³-hybridized carbons (Fsp3) is 0.565. The zero-order valence-electron chi connectivity index (χ0n) is 17.9. The summed E-state index contributed by atoms with van der Waals surface area (Å²) in [7, 11) is 0. The van der Waals surface area contributed by atoms with Gasteiger partial charge in [0.1, 0.15) is 0 Å². The maximum atomic E-state index is 12.8. The molecular weight excluding hydrogens is 410 g/mol. The first-order chi connectivity index (χ1) is 15.1. The molecule has 5 rings (SSSR count). The highest BCUT2D eigenvalue weighted by atomic mass is 32.1. The third kappa shape index (κ3) is 4.44. The Labute approximate surface area is 186 Å². The Balaban J connectivity index is 1.12. The zero-order valence-corrected chi connectivity index (χ0v) is 18.7. The van der Waals surface area contributed by atoms with E-state index in [4.69, 9.17) is 0 Å². The Morgan fingerprint density at radius 2 is 1.94 bits per heavy atom. The van der Waals surface area contributed by atoms with E-state index >= 15 is 0 Å². The van der Waals surface area contributed by atoms with Crippen molar-refractivity contribution in [2.75, 3.05) is 31.1 Å². The smallest absolute Gasteiger partial charge is 0.261 e. The van der Waals surface area contributed by atoms with E-state index < -0.39 is 0 Å². The molecule has 0 spiro atoms. The Bertz CT molecular complexity index is 940. The maximum absolute atomic E-state index is 12.8. The van der Waals surface area contributed by atoms with E-state index in [1.165, 1.54) is 4.88 Å². The van der Waals surface area contributed by atoms with E-state index in [0.717, 1.165) is 62.6 Å². The molecule has 1 saturated carbocycles. The third-order valence-corrected chi connectivity index (χ3v) is 8.14. The van der Waals surface area contributed by atoms with Crippen molar-refractivity contribution in [3.8, 4) is 0 Å². The third-order valence-electron chi connectivity index (χ3n) is 6.89. The highest BCUT2D eigenvalue weighted by molar-refractivity contribution is 7.14. The van der Waals surface area contributed by atoms with Gasteiger partial charge in [0.2, 0.25) is 5.91 Å². The standard InChI is InChI=1S/C23H29N5O2S/c1-15-13-18(15)23(30)27-10-6-16(7-11-27)19-4-5-20(31-19)22(29)25-17-8-12-28(14-17)21-3-2-9-24-26-21/h2-5,9,15-18H,6-8,10-14H2,1H3,(H,25,29)/t15?,17-,18?/m0/s1. The second-order valence-corrected chi connectivity index (χ2v) is 10.2. The van der Waals surface area contributed by atoms with Crippen LogP contribution in [0.4, 0.5) is 5.82 Å². The summed E-state index contributed by atoms with van der Waals surface area (Å²) in [5.74, 6) is 2.51. The number of hydrogen-bond donors (Lipinski definition) is 1. The second-order valence-electron chi connectivity index (χ2n) is 9.11. The second kappa shape index (κ2) is 8.57. The van der Waals surface area contributed by atoms with Crippen molar-refractivity contribution in [2.45, 2.75) is 44.6 Å². The Morgan fingerprint density at radius 1 is 1.13 bits per heavy atom. The van der Waals surface area contributed by atoms with Crippen molar-refractivity contribution in [3.05, 3.63) is 40.2 Å². The van der Waals surface area contributed by atoms with Crippen LogP contribution in [0.5, 0.6) is 0 Å². The molecule has 4 heterocycles. The van der Waals surface area contributed by atoms with Crippen molar-refractivity contribution >= 4 is 29.0 Å². The molecular formula is C23H29N5O2S. The summed E-state index contributed by atoms with van der Waals surface area (Å²) in [5, 5.41) is 11.3. The summed E-state index contributed by atoms with van der Waals surface area (Å²) >= 11 is 1.61. The number of rotatable bonds is 5. The van der Waals surface area contributed by atoms with Gasteiger partial charge in [0, 0.05) is 49.2 Å². The van der Waals surface area contributed by atoms with E-state index in [2.05, 4.69) is 38.3 Å². The van der Waals surface area contributed by atoms with Gasteiger partial charge in [-0.2, -0.15) is 5.10 Å². The van der Waals surface area contributed by atoms with Gasteiger partial charge < -0.3 is 15.1 Å². The van der Waals surface area contributed by atoms with Crippen LogP contribution < -0.4 is 10.2 Å². The van der Waals surface area contributed by atoms with Gasteiger partial charge in [-0.15, -0.1) is 16.4 Å². The molecule has 3 aliphatic rings. The van der Waals surface area contributed by atoms with Gasteiger partial charge in [-0.05, 0) is 61.8 Å². The van der Waals surface area contributed by atoms with Gasteiger partial charge in [0.05, 0.1) is 4.88 Å². The summed E-state index contributed by atoms with van der Waals surface area (Å²) < 4.78 is 0. The van der Waals surface area contributed by atoms with Crippen LogP contribution in [0, 0.1) is 11.8 Å². The Kier molecular flexibility index (Phi) is 5.65. The summed E-state index contributed by atoms with van der Waals surface area (Å²) in [4.78, 5) is 31.5. The highest BCUT2D eigenvalue weighted by Crippen LogP contribution is 2.41. The van der Waals surface area contributed by atoms with Crippen molar-refractivity contribution in [1.82, 2.24) is 20.4 Å². The molecule has 3 atom stereocenters. The fourth-order valence-corrected chi connectivity index (χ4v) is 5.86. The van der Waals surface area contributed by atoms with Crippen molar-refractivity contribution in [2.24, 2.45) is 11.8 Å². The van der Waals surface area contributed by atoms with Crippen LogP contribution in [0.15, 0.2) is 30.5 Å². The SMILES string of the molecule is CC1CC1C(=O)N1CCC(c2ccc(C(=O)N[C@H]3CCN(c4cccnn4)C3)s2)CC1. The predicted octanol–water partition coefficient (Wildman–Crippen LogP) is 2.91. The van der Waals surface area contributed by atoms with Gasteiger partial charge in [-0.25, -0.2) is 0 Å². The minimum absolute atomic E-state index is 0.0116. The first-order valence-electron chi connectivity index (χ1n) is 11.3. The number of thiophene rings is 1. The molecule has 2 saturated heterocycles. The molecule has 31 heavy (non-hydrogen) atoms.